The smallest absolute Gasteiger partial charge is 0.162 e. The Morgan fingerprint density at radius 2 is 1.95 bits per heavy atom. The second-order valence-electron chi connectivity index (χ2n) is 4.62. The van der Waals surface area contributed by atoms with E-state index in [-0.39, 0.29) is 6.61 Å². The summed E-state index contributed by atoms with van der Waals surface area (Å²) in [6.45, 7) is -0.539. The number of aliphatic hydroxyl groups excluding tert-OH is 4. The molecule has 5 atom stereocenters. The monoisotopic (exact) mass is 302 g/mol. The molecule has 1 aliphatic rings. The van der Waals surface area contributed by atoms with Crippen molar-refractivity contribution in [3.8, 4) is 5.75 Å². The van der Waals surface area contributed by atoms with Crippen molar-refractivity contribution in [1.29, 1.82) is 0 Å². The Morgan fingerprint density at radius 1 is 1.20 bits per heavy atom. The summed E-state index contributed by atoms with van der Waals surface area (Å²) >= 11 is 4.17. The number of hydrogen-bond acceptors (Lipinski definition) is 7. The predicted octanol–water partition coefficient (Wildman–Crippen LogP) is -0.705. The molecule has 0 bridgehead atoms. The molecule has 6 nitrogen and oxygen atoms in total. The van der Waals surface area contributed by atoms with Crippen LogP contribution in [0.1, 0.15) is 5.56 Å². The average molecular weight is 302 g/mol. The van der Waals surface area contributed by atoms with Gasteiger partial charge in [0.1, 0.15) is 29.5 Å². The molecule has 7 heteroatoms. The van der Waals surface area contributed by atoms with Crippen LogP contribution in [0.2, 0.25) is 0 Å². The molecule has 0 aromatic heterocycles. The fourth-order valence-electron chi connectivity index (χ4n) is 2.07. The van der Waals surface area contributed by atoms with Gasteiger partial charge in [0.15, 0.2) is 6.10 Å². The summed E-state index contributed by atoms with van der Waals surface area (Å²) in [5, 5.41) is 38.0. The zero-order chi connectivity index (χ0) is 14.7. The van der Waals surface area contributed by atoms with Crippen molar-refractivity contribution in [2.75, 3.05) is 6.61 Å². The Labute approximate surface area is 122 Å². The Morgan fingerprint density at radius 3 is 2.60 bits per heavy atom. The maximum absolute atomic E-state index is 10.0. The molecule has 0 unspecified atom stereocenters. The minimum Gasteiger partial charge on any atom is -0.484 e. The Balaban J connectivity index is 2.11. The lowest BCUT2D eigenvalue weighted by molar-refractivity contribution is -0.198. The van der Waals surface area contributed by atoms with Gasteiger partial charge in [0.25, 0.3) is 0 Å². The molecule has 0 spiro atoms. The van der Waals surface area contributed by atoms with E-state index in [1.165, 1.54) is 0 Å². The number of benzene rings is 1. The van der Waals surface area contributed by atoms with Gasteiger partial charge in [0, 0.05) is 0 Å². The number of thiol groups is 1. The van der Waals surface area contributed by atoms with Crippen molar-refractivity contribution in [1.82, 2.24) is 0 Å². The summed E-state index contributed by atoms with van der Waals surface area (Å²) in [5.74, 6) is 0.429. The van der Waals surface area contributed by atoms with Gasteiger partial charge in [-0.1, -0.05) is 12.1 Å². The molecule has 112 valence electrons. The third-order valence-corrected chi connectivity index (χ3v) is 3.61. The fourth-order valence-corrected chi connectivity index (χ4v) is 2.47. The van der Waals surface area contributed by atoms with Crippen LogP contribution in [0, 0.1) is 0 Å². The predicted molar refractivity (Wildman–Crippen MR) is 73.5 cm³/mol. The highest BCUT2D eigenvalue weighted by molar-refractivity contribution is 7.80. The Kier molecular flexibility index (Phi) is 5.25. The number of rotatable bonds is 4. The zero-order valence-corrected chi connectivity index (χ0v) is 11.6. The molecule has 4 N–H and O–H groups in total. The van der Waals surface area contributed by atoms with Crippen LogP contribution in [0.4, 0.5) is 0 Å². The van der Waals surface area contributed by atoms with Crippen LogP contribution in [0.3, 0.4) is 0 Å². The minimum atomic E-state index is -1.26. The molecular formula is C13H18O6S. The van der Waals surface area contributed by atoms with Crippen LogP contribution in [0.25, 0.3) is 0 Å². The van der Waals surface area contributed by atoms with Gasteiger partial charge in [-0.2, -0.15) is 0 Å². The summed E-state index contributed by atoms with van der Waals surface area (Å²) in [5.41, 5.74) is -0.124. The zero-order valence-electron chi connectivity index (χ0n) is 10.7. The first-order valence-electron chi connectivity index (χ1n) is 6.23. The molecule has 1 aromatic rings. The van der Waals surface area contributed by atoms with Crippen molar-refractivity contribution in [3.05, 3.63) is 29.8 Å². The minimum absolute atomic E-state index is 0.125. The number of ether oxygens (including phenoxy) is 2. The maximum atomic E-state index is 10.0. The van der Waals surface area contributed by atoms with Crippen molar-refractivity contribution >= 4 is 12.6 Å². The highest BCUT2D eigenvalue weighted by Crippen LogP contribution is 2.27. The lowest BCUT2D eigenvalue weighted by Gasteiger charge is -2.40. The summed E-state index contributed by atoms with van der Waals surface area (Å²) < 4.78 is 10.9. The summed E-state index contributed by atoms with van der Waals surface area (Å²) in [6.07, 6.45) is -4.27. The molecule has 1 aromatic carbocycles. The Bertz CT molecular complexity index is 443. The molecule has 0 saturated carbocycles. The third-order valence-electron chi connectivity index (χ3n) is 3.20. The molecule has 0 aliphatic carbocycles. The van der Waals surface area contributed by atoms with Crippen LogP contribution < -0.4 is 4.74 Å². The lowest BCUT2D eigenvalue weighted by atomic mass is 10.00. The van der Waals surface area contributed by atoms with E-state index in [1.54, 1.807) is 24.3 Å². The van der Waals surface area contributed by atoms with E-state index in [9.17, 15) is 10.2 Å². The normalized spacial score (nSPS) is 34.0. The first kappa shape index (κ1) is 15.6. The van der Waals surface area contributed by atoms with Gasteiger partial charge in [0.05, 0.1) is 13.2 Å². The average Bonchev–Trinajstić information content (AvgIpc) is 2.47. The van der Waals surface area contributed by atoms with Crippen molar-refractivity contribution in [2.24, 2.45) is 0 Å². The quantitative estimate of drug-likeness (QED) is 0.472. The molecule has 1 fully saturated rings. The van der Waals surface area contributed by atoms with E-state index in [4.69, 9.17) is 19.7 Å². The van der Waals surface area contributed by atoms with E-state index in [0.29, 0.717) is 11.3 Å². The molecule has 1 aliphatic heterocycles. The van der Waals surface area contributed by atoms with Gasteiger partial charge in [-0.15, -0.1) is 12.6 Å². The lowest BCUT2D eigenvalue weighted by Crippen LogP contribution is -2.58. The topological polar surface area (TPSA) is 99.4 Å². The first-order valence-corrected chi connectivity index (χ1v) is 6.75. The van der Waals surface area contributed by atoms with Crippen LogP contribution in [-0.4, -0.2) is 56.9 Å². The van der Waals surface area contributed by atoms with Crippen LogP contribution >= 0.6 is 12.6 Å². The van der Waals surface area contributed by atoms with Crippen molar-refractivity contribution in [3.63, 3.8) is 0 Å². The van der Waals surface area contributed by atoms with Gasteiger partial charge in [-0.05, 0) is 17.7 Å². The molecule has 1 heterocycles. The van der Waals surface area contributed by atoms with E-state index in [2.05, 4.69) is 12.6 Å². The van der Waals surface area contributed by atoms with E-state index < -0.39 is 36.5 Å². The summed E-state index contributed by atoms with van der Waals surface area (Å²) in [7, 11) is 0. The van der Waals surface area contributed by atoms with Gasteiger partial charge < -0.3 is 29.9 Å². The highest BCUT2D eigenvalue weighted by atomic mass is 32.1. The first-order chi connectivity index (χ1) is 9.56. The molecule has 20 heavy (non-hydrogen) atoms. The molecule has 0 amide bonds. The van der Waals surface area contributed by atoms with Crippen LogP contribution in [0.5, 0.6) is 5.75 Å². The molecule has 1 saturated heterocycles. The number of aliphatic hydroxyl groups is 4. The van der Waals surface area contributed by atoms with E-state index >= 15 is 0 Å². The second kappa shape index (κ2) is 6.75. The standard InChI is InChI=1S/C13H18O6S/c14-5-7-2-1-3-8(4-7)18-12-11(17)10(16)9(6-15)19-13(12)20/h1-4,9-17,20H,5-6H2/t9-,10-,11+,12-,13+/m1/s1. The van der Waals surface area contributed by atoms with Crippen LogP contribution in [0.15, 0.2) is 24.3 Å². The van der Waals surface area contributed by atoms with E-state index in [0.717, 1.165) is 0 Å². The SMILES string of the molecule is OCc1cccc(O[C@@H]2[C@@H](O)[C@H](O)[C@@H](CO)O[C@H]2S)c1. The summed E-state index contributed by atoms with van der Waals surface area (Å²) in [4.78, 5) is 0. The van der Waals surface area contributed by atoms with Crippen molar-refractivity contribution in [2.45, 2.75) is 36.5 Å². The fraction of sp³-hybridized carbons (Fsp3) is 0.538. The third kappa shape index (κ3) is 3.25. The maximum Gasteiger partial charge on any atom is 0.162 e. The van der Waals surface area contributed by atoms with Crippen molar-refractivity contribution < 1.29 is 29.9 Å². The summed E-state index contributed by atoms with van der Waals surface area (Å²) in [6, 6.07) is 6.72. The van der Waals surface area contributed by atoms with Crippen LogP contribution in [-0.2, 0) is 11.3 Å². The second-order valence-corrected chi connectivity index (χ2v) is 5.13. The van der Waals surface area contributed by atoms with Gasteiger partial charge >= 0.3 is 0 Å². The molecular weight excluding hydrogens is 284 g/mol. The van der Waals surface area contributed by atoms with Gasteiger partial charge in [-0.25, -0.2) is 0 Å². The van der Waals surface area contributed by atoms with Gasteiger partial charge in [-0.3, -0.25) is 0 Å². The number of hydrogen-bond donors (Lipinski definition) is 5. The largest absolute Gasteiger partial charge is 0.484 e. The highest BCUT2D eigenvalue weighted by Gasteiger charge is 2.44. The van der Waals surface area contributed by atoms with E-state index in [1.807, 2.05) is 0 Å². The molecule has 0 radical (unpaired) electrons. The molecule has 2 rings (SSSR count). The Hall–Kier alpha value is -0.830. The van der Waals surface area contributed by atoms with Gasteiger partial charge in [0.2, 0.25) is 0 Å².